The van der Waals surface area contributed by atoms with Crippen molar-refractivity contribution in [3.8, 4) is 0 Å². The fourth-order valence-corrected chi connectivity index (χ4v) is 4.77. The zero-order chi connectivity index (χ0) is 14.0. The summed E-state index contributed by atoms with van der Waals surface area (Å²) in [5.41, 5.74) is 0. The highest BCUT2D eigenvalue weighted by Gasteiger charge is 2.44. The summed E-state index contributed by atoms with van der Waals surface area (Å²) in [6.07, 6.45) is 4.80. The third-order valence-electron chi connectivity index (χ3n) is 4.10. The molecular weight excluding hydrogens is 268 g/mol. The number of aliphatic carboxylic acids is 1. The van der Waals surface area contributed by atoms with Crippen LogP contribution >= 0.6 is 0 Å². The van der Waals surface area contributed by atoms with Crippen LogP contribution in [0.15, 0.2) is 0 Å². The van der Waals surface area contributed by atoms with Crippen molar-refractivity contribution in [2.45, 2.75) is 57.5 Å². The number of hydrogen-bond acceptors (Lipinski definition) is 3. The minimum atomic E-state index is -3.66. The molecule has 0 spiro atoms. The molecule has 2 bridgehead atoms. The Hall–Kier alpha value is -0.660. The molecule has 6 nitrogen and oxygen atoms in total. The first-order valence-corrected chi connectivity index (χ1v) is 8.40. The van der Waals surface area contributed by atoms with E-state index >= 15 is 0 Å². The van der Waals surface area contributed by atoms with Crippen LogP contribution in [-0.2, 0) is 15.0 Å². The highest BCUT2D eigenvalue weighted by atomic mass is 32.2. The molecule has 1 heterocycles. The van der Waals surface area contributed by atoms with Gasteiger partial charge < -0.3 is 5.11 Å². The van der Waals surface area contributed by atoms with Gasteiger partial charge in [0.15, 0.2) is 0 Å². The summed E-state index contributed by atoms with van der Waals surface area (Å²) in [6.45, 7) is 2.49. The Morgan fingerprint density at radius 1 is 1.47 bits per heavy atom. The maximum Gasteiger partial charge on any atom is 0.321 e. The van der Waals surface area contributed by atoms with Crippen LogP contribution in [-0.4, -0.2) is 42.4 Å². The Bertz CT molecular complexity index is 437. The van der Waals surface area contributed by atoms with Gasteiger partial charge in [-0.2, -0.15) is 17.4 Å². The quantitative estimate of drug-likeness (QED) is 0.731. The van der Waals surface area contributed by atoms with Crippen LogP contribution in [0.1, 0.15) is 45.4 Å². The third-order valence-corrected chi connectivity index (χ3v) is 5.75. The maximum absolute atomic E-state index is 12.3. The lowest BCUT2D eigenvalue weighted by Gasteiger charge is -2.27. The van der Waals surface area contributed by atoms with Gasteiger partial charge in [0.05, 0.1) is 0 Å². The van der Waals surface area contributed by atoms with Gasteiger partial charge in [-0.1, -0.05) is 19.8 Å². The number of nitrogens with zero attached hydrogens (tertiary/aromatic N) is 1. The Morgan fingerprint density at radius 2 is 2.21 bits per heavy atom. The fourth-order valence-electron chi connectivity index (χ4n) is 3.06. The van der Waals surface area contributed by atoms with Gasteiger partial charge in [-0.05, 0) is 31.6 Å². The molecule has 1 aliphatic carbocycles. The van der Waals surface area contributed by atoms with Gasteiger partial charge >= 0.3 is 5.97 Å². The largest absolute Gasteiger partial charge is 0.480 e. The summed E-state index contributed by atoms with van der Waals surface area (Å²) in [6, 6.07) is -0.938. The number of carboxylic acid groups (broad SMARTS) is 1. The van der Waals surface area contributed by atoms with Crippen LogP contribution in [0.25, 0.3) is 0 Å². The predicted molar refractivity (Wildman–Crippen MR) is 70.8 cm³/mol. The van der Waals surface area contributed by atoms with E-state index in [-0.39, 0.29) is 6.04 Å². The zero-order valence-electron chi connectivity index (χ0n) is 11.2. The summed E-state index contributed by atoms with van der Waals surface area (Å²) in [5.74, 6) is -0.637. The van der Waals surface area contributed by atoms with Crippen LogP contribution in [0.2, 0.25) is 0 Å². The van der Waals surface area contributed by atoms with Crippen molar-refractivity contribution in [2.24, 2.45) is 5.92 Å². The average Bonchev–Trinajstić information content (AvgIpc) is 2.96. The van der Waals surface area contributed by atoms with Crippen LogP contribution in [0.5, 0.6) is 0 Å². The first-order chi connectivity index (χ1) is 8.94. The minimum Gasteiger partial charge on any atom is -0.480 e. The molecule has 2 N–H and O–H groups in total. The number of carbonyl (C=O) groups is 1. The van der Waals surface area contributed by atoms with Crippen LogP contribution < -0.4 is 4.72 Å². The number of rotatable bonds is 7. The van der Waals surface area contributed by atoms with Gasteiger partial charge in [0.25, 0.3) is 10.2 Å². The molecule has 1 saturated carbocycles. The van der Waals surface area contributed by atoms with Crippen molar-refractivity contribution >= 4 is 16.2 Å². The second kappa shape index (κ2) is 5.76. The molecule has 3 atom stereocenters. The molecule has 0 amide bonds. The lowest BCUT2D eigenvalue weighted by molar-refractivity contribution is -0.139. The molecule has 0 aromatic heterocycles. The van der Waals surface area contributed by atoms with Crippen molar-refractivity contribution in [3.63, 3.8) is 0 Å². The molecule has 2 fully saturated rings. The Morgan fingerprint density at radius 3 is 2.68 bits per heavy atom. The van der Waals surface area contributed by atoms with E-state index in [2.05, 4.69) is 4.72 Å². The number of hydrogen-bond donors (Lipinski definition) is 2. The molecule has 3 unspecified atom stereocenters. The van der Waals surface area contributed by atoms with Crippen LogP contribution in [0, 0.1) is 5.92 Å². The number of fused-ring (bicyclic) bond motifs is 2. The minimum absolute atomic E-state index is 0.0723. The van der Waals surface area contributed by atoms with Crippen LogP contribution in [0.3, 0.4) is 0 Å². The van der Waals surface area contributed by atoms with E-state index in [1.165, 1.54) is 4.31 Å². The van der Waals surface area contributed by atoms with Gasteiger partial charge in [-0.15, -0.1) is 0 Å². The van der Waals surface area contributed by atoms with E-state index in [1.807, 2.05) is 6.92 Å². The van der Waals surface area contributed by atoms with E-state index in [1.54, 1.807) is 0 Å². The van der Waals surface area contributed by atoms with E-state index in [0.29, 0.717) is 25.3 Å². The van der Waals surface area contributed by atoms with Crippen molar-refractivity contribution in [1.82, 2.24) is 9.03 Å². The monoisotopic (exact) mass is 290 g/mol. The van der Waals surface area contributed by atoms with Crippen molar-refractivity contribution in [3.05, 3.63) is 0 Å². The van der Waals surface area contributed by atoms with Crippen molar-refractivity contribution < 1.29 is 18.3 Å². The van der Waals surface area contributed by atoms with Gasteiger partial charge in [0.2, 0.25) is 0 Å². The highest BCUT2D eigenvalue weighted by Crippen LogP contribution is 2.38. The Labute approximate surface area is 114 Å². The van der Waals surface area contributed by atoms with Gasteiger partial charge in [0.1, 0.15) is 6.04 Å². The van der Waals surface area contributed by atoms with Crippen molar-refractivity contribution in [1.29, 1.82) is 0 Å². The maximum atomic E-state index is 12.3. The second-order valence-corrected chi connectivity index (χ2v) is 7.21. The van der Waals surface area contributed by atoms with E-state index in [4.69, 9.17) is 5.11 Å². The topological polar surface area (TPSA) is 86.7 Å². The van der Waals surface area contributed by atoms with Gasteiger partial charge in [0, 0.05) is 12.6 Å². The zero-order valence-corrected chi connectivity index (χ0v) is 12.0. The van der Waals surface area contributed by atoms with Crippen molar-refractivity contribution in [2.75, 3.05) is 6.54 Å². The molecule has 2 aliphatic rings. The number of nitrogens with one attached hydrogen (secondary N) is 1. The van der Waals surface area contributed by atoms with Gasteiger partial charge in [-0.25, -0.2) is 0 Å². The number of piperidine rings is 1. The van der Waals surface area contributed by atoms with Gasteiger partial charge in [-0.3, -0.25) is 4.79 Å². The highest BCUT2D eigenvalue weighted by molar-refractivity contribution is 7.87. The fraction of sp³-hybridized carbons (Fsp3) is 0.917. The Balaban J connectivity index is 2.01. The molecule has 7 heteroatoms. The summed E-state index contributed by atoms with van der Waals surface area (Å²) in [4.78, 5) is 11.1. The second-order valence-electron chi connectivity index (χ2n) is 5.56. The number of unbranched alkanes of at least 4 members (excludes halogenated alkanes) is 1. The average molecular weight is 290 g/mol. The molecule has 0 aromatic rings. The molecule has 19 heavy (non-hydrogen) atoms. The SMILES string of the molecule is CCCCC(NS(=O)(=O)N1CC2CCC1C2)C(=O)O. The number of carboxylic acids is 1. The molecule has 0 radical (unpaired) electrons. The first kappa shape index (κ1) is 14.7. The Kier molecular flexibility index (Phi) is 4.47. The molecule has 1 saturated heterocycles. The third kappa shape index (κ3) is 3.27. The molecular formula is C12H22N2O4S. The smallest absolute Gasteiger partial charge is 0.321 e. The molecule has 2 rings (SSSR count). The van der Waals surface area contributed by atoms with E-state index in [9.17, 15) is 13.2 Å². The normalized spacial score (nSPS) is 28.7. The summed E-state index contributed by atoms with van der Waals surface area (Å²) < 4.78 is 28.3. The first-order valence-electron chi connectivity index (χ1n) is 6.96. The summed E-state index contributed by atoms with van der Waals surface area (Å²) in [5, 5.41) is 9.09. The van der Waals surface area contributed by atoms with Crippen LogP contribution in [0.4, 0.5) is 0 Å². The summed E-state index contributed by atoms with van der Waals surface area (Å²) in [7, 11) is -3.66. The lowest BCUT2D eigenvalue weighted by Crippen LogP contribution is -2.50. The van der Waals surface area contributed by atoms with E-state index < -0.39 is 22.2 Å². The van der Waals surface area contributed by atoms with E-state index in [0.717, 1.165) is 25.7 Å². The standard InChI is InChI=1S/C12H22N2O4S/c1-2-3-4-11(12(15)16)13-19(17,18)14-8-9-5-6-10(14)7-9/h9-11,13H,2-8H2,1H3,(H,15,16). The molecule has 110 valence electrons. The molecule has 0 aromatic carbocycles. The summed E-state index contributed by atoms with van der Waals surface area (Å²) >= 11 is 0. The lowest BCUT2D eigenvalue weighted by atomic mass is 10.1. The molecule has 1 aliphatic heterocycles. The predicted octanol–water partition coefficient (Wildman–Crippen LogP) is 0.948.